The summed E-state index contributed by atoms with van der Waals surface area (Å²) in [6.07, 6.45) is 0. The van der Waals surface area contributed by atoms with Crippen LogP contribution in [0.15, 0.2) is 133 Å². The Morgan fingerprint density at radius 1 is 0.429 bits per heavy atom. The second-order valence-corrected chi connectivity index (χ2v) is 8.89. The molecular weight excluding hydrogens is 444 g/mol. The van der Waals surface area contributed by atoms with Crippen molar-refractivity contribution < 1.29 is 0 Å². The van der Waals surface area contributed by atoms with E-state index in [1.807, 2.05) is 12.1 Å². The van der Waals surface area contributed by atoms with Crippen LogP contribution in [-0.2, 0) is 0 Å². The summed E-state index contributed by atoms with van der Waals surface area (Å²) < 4.78 is 8.93. The fourth-order valence-electron chi connectivity index (χ4n) is 4.58. The molecule has 6 aromatic rings. The van der Waals surface area contributed by atoms with E-state index in [0.717, 1.165) is 22.2 Å². The van der Waals surface area contributed by atoms with Gasteiger partial charge in [-0.2, -0.15) is 8.75 Å². The van der Waals surface area contributed by atoms with Gasteiger partial charge in [0.2, 0.25) is 0 Å². The molecule has 0 saturated heterocycles. The first-order valence-corrected chi connectivity index (χ1v) is 12.3. The molecule has 1 heterocycles. The number of benzene rings is 5. The van der Waals surface area contributed by atoms with Crippen molar-refractivity contribution in [1.29, 1.82) is 0 Å². The summed E-state index contributed by atoms with van der Waals surface area (Å²) in [6, 6.07) is 47.0. The Morgan fingerprint density at radius 2 is 0.914 bits per heavy atom. The Hall–Kier alpha value is -4.34. The van der Waals surface area contributed by atoms with Crippen molar-refractivity contribution in [3.63, 3.8) is 0 Å². The SMILES string of the molecule is c1ccc(C(=C(c2ccccc2)c2ccc(-c3cccc4nsnc34)cc2)c2ccccc2)cc1. The lowest BCUT2D eigenvalue weighted by molar-refractivity contribution is 1.50. The molecule has 0 unspecified atom stereocenters. The summed E-state index contributed by atoms with van der Waals surface area (Å²) >= 11 is 1.26. The van der Waals surface area contributed by atoms with Gasteiger partial charge in [-0.05, 0) is 45.0 Å². The molecule has 0 fully saturated rings. The molecule has 0 atom stereocenters. The van der Waals surface area contributed by atoms with Crippen LogP contribution in [0.4, 0.5) is 0 Å². The van der Waals surface area contributed by atoms with Crippen LogP contribution in [0.25, 0.3) is 33.3 Å². The van der Waals surface area contributed by atoms with E-state index in [1.54, 1.807) is 0 Å². The molecule has 0 N–H and O–H groups in total. The topological polar surface area (TPSA) is 25.8 Å². The molecule has 0 saturated carbocycles. The summed E-state index contributed by atoms with van der Waals surface area (Å²) in [5.74, 6) is 0. The summed E-state index contributed by atoms with van der Waals surface area (Å²) in [4.78, 5) is 0. The highest BCUT2D eigenvalue weighted by molar-refractivity contribution is 7.00. The zero-order chi connectivity index (χ0) is 23.5. The monoisotopic (exact) mass is 466 g/mol. The number of nitrogens with zero attached hydrogens (tertiary/aromatic N) is 2. The molecule has 6 rings (SSSR count). The smallest absolute Gasteiger partial charge is 0.112 e. The lowest BCUT2D eigenvalue weighted by Gasteiger charge is -2.18. The van der Waals surface area contributed by atoms with Crippen LogP contribution >= 0.6 is 11.7 Å². The van der Waals surface area contributed by atoms with Gasteiger partial charge in [-0.15, -0.1) is 0 Å². The fraction of sp³-hybridized carbons (Fsp3) is 0. The third-order valence-corrected chi connectivity index (χ3v) is 6.75. The van der Waals surface area contributed by atoms with Crippen LogP contribution < -0.4 is 0 Å². The predicted molar refractivity (Wildman–Crippen MR) is 147 cm³/mol. The van der Waals surface area contributed by atoms with E-state index < -0.39 is 0 Å². The highest BCUT2D eigenvalue weighted by Crippen LogP contribution is 2.37. The van der Waals surface area contributed by atoms with Gasteiger partial charge in [-0.25, -0.2) is 0 Å². The fourth-order valence-corrected chi connectivity index (χ4v) is 5.13. The van der Waals surface area contributed by atoms with Crippen LogP contribution in [0, 0.1) is 0 Å². The van der Waals surface area contributed by atoms with E-state index in [-0.39, 0.29) is 0 Å². The molecule has 0 radical (unpaired) electrons. The molecule has 1 aromatic heterocycles. The van der Waals surface area contributed by atoms with Gasteiger partial charge in [0.15, 0.2) is 0 Å². The molecule has 5 aromatic carbocycles. The average molecular weight is 467 g/mol. The van der Waals surface area contributed by atoms with E-state index in [9.17, 15) is 0 Å². The Bertz CT molecular complexity index is 1560. The second-order valence-electron chi connectivity index (χ2n) is 8.36. The normalized spacial score (nSPS) is 10.9. The molecule has 0 spiro atoms. The van der Waals surface area contributed by atoms with E-state index in [4.69, 9.17) is 0 Å². The van der Waals surface area contributed by atoms with E-state index in [0.29, 0.717) is 0 Å². The maximum absolute atomic E-state index is 4.53. The summed E-state index contributed by atoms with van der Waals surface area (Å²) in [5, 5.41) is 0. The lowest BCUT2D eigenvalue weighted by Crippen LogP contribution is -1.97. The molecule has 166 valence electrons. The van der Waals surface area contributed by atoms with Gasteiger partial charge in [-0.1, -0.05) is 127 Å². The Labute approximate surface area is 209 Å². The van der Waals surface area contributed by atoms with Crippen molar-refractivity contribution in [3.05, 3.63) is 156 Å². The molecule has 3 heteroatoms. The predicted octanol–water partition coefficient (Wildman–Crippen LogP) is 8.37. The largest absolute Gasteiger partial charge is 0.173 e. The van der Waals surface area contributed by atoms with Crippen LogP contribution in [0.5, 0.6) is 0 Å². The van der Waals surface area contributed by atoms with Crippen LogP contribution in [0.3, 0.4) is 0 Å². The Kier molecular flexibility index (Phi) is 5.75. The van der Waals surface area contributed by atoms with E-state index in [1.165, 1.54) is 45.1 Å². The minimum Gasteiger partial charge on any atom is -0.173 e. The van der Waals surface area contributed by atoms with Crippen molar-refractivity contribution in [3.8, 4) is 11.1 Å². The lowest BCUT2D eigenvalue weighted by atomic mass is 9.85. The number of hydrogen-bond acceptors (Lipinski definition) is 3. The van der Waals surface area contributed by atoms with Gasteiger partial charge in [0.25, 0.3) is 0 Å². The minimum atomic E-state index is 0.942. The number of rotatable bonds is 5. The standard InChI is InChI=1S/C32H22N2S/c1-4-11-24(12-5-1)30(25-13-6-2-7-14-25)31(26-15-8-3-9-16-26)27-21-19-23(20-22-27)28-17-10-18-29-32(28)34-35-33-29/h1-22H. The first-order valence-electron chi connectivity index (χ1n) is 11.6. The Balaban J connectivity index is 1.58. The molecule has 0 aliphatic carbocycles. The van der Waals surface area contributed by atoms with Gasteiger partial charge in [0.1, 0.15) is 11.0 Å². The number of aromatic nitrogens is 2. The summed E-state index contributed by atoms with van der Waals surface area (Å²) in [6.45, 7) is 0. The highest BCUT2D eigenvalue weighted by atomic mass is 32.1. The minimum absolute atomic E-state index is 0.942. The zero-order valence-electron chi connectivity index (χ0n) is 19.0. The Morgan fingerprint density at radius 3 is 1.43 bits per heavy atom. The molecule has 0 bridgehead atoms. The maximum Gasteiger partial charge on any atom is 0.112 e. The number of hydrogen-bond donors (Lipinski definition) is 0. The van der Waals surface area contributed by atoms with Crippen molar-refractivity contribution in [2.75, 3.05) is 0 Å². The van der Waals surface area contributed by atoms with Gasteiger partial charge in [0.05, 0.1) is 11.7 Å². The van der Waals surface area contributed by atoms with Crippen LogP contribution in [0.1, 0.15) is 22.3 Å². The van der Waals surface area contributed by atoms with E-state index in [2.05, 4.69) is 130 Å². The molecule has 0 aliphatic heterocycles. The molecule has 0 aliphatic rings. The quantitative estimate of drug-likeness (QED) is 0.239. The highest BCUT2D eigenvalue weighted by Gasteiger charge is 2.16. The van der Waals surface area contributed by atoms with E-state index >= 15 is 0 Å². The molecule has 35 heavy (non-hydrogen) atoms. The molecular formula is C32H22N2S. The van der Waals surface area contributed by atoms with Crippen molar-refractivity contribution in [1.82, 2.24) is 8.75 Å². The van der Waals surface area contributed by atoms with Gasteiger partial charge >= 0.3 is 0 Å². The zero-order valence-corrected chi connectivity index (χ0v) is 19.8. The van der Waals surface area contributed by atoms with Crippen LogP contribution in [-0.4, -0.2) is 8.75 Å². The van der Waals surface area contributed by atoms with Crippen molar-refractivity contribution >= 4 is 33.9 Å². The first kappa shape index (κ1) is 21.2. The second kappa shape index (κ2) is 9.49. The first-order chi connectivity index (χ1) is 17.4. The molecule has 2 nitrogen and oxygen atoms in total. The van der Waals surface area contributed by atoms with Crippen molar-refractivity contribution in [2.45, 2.75) is 0 Å². The summed E-state index contributed by atoms with van der Waals surface area (Å²) in [5.41, 5.74) is 11.3. The maximum atomic E-state index is 4.53. The van der Waals surface area contributed by atoms with Crippen LogP contribution in [0.2, 0.25) is 0 Å². The third-order valence-electron chi connectivity index (χ3n) is 6.21. The van der Waals surface area contributed by atoms with Gasteiger partial charge < -0.3 is 0 Å². The molecule has 0 amide bonds. The van der Waals surface area contributed by atoms with Crippen molar-refractivity contribution in [2.24, 2.45) is 0 Å². The average Bonchev–Trinajstić information content (AvgIpc) is 3.43. The third kappa shape index (κ3) is 4.18. The summed E-state index contributed by atoms with van der Waals surface area (Å²) in [7, 11) is 0. The van der Waals surface area contributed by atoms with Gasteiger partial charge in [0, 0.05) is 5.56 Å². The van der Waals surface area contributed by atoms with Gasteiger partial charge in [-0.3, -0.25) is 0 Å². The number of fused-ring (bicyclic) bond motifs is 1.